The van der Waals surface area contributed by atoms with Gasteiger partial charge in [0.05, 0.1) is 11.6 Å². The molecule has 0 bridgehead atoms. The zero-order valence-corrected chi connectivity index (χ0v) is 15.6. The Morgan fingerprint density at radius 3 is 2.48 bits per heavy atom. The Hall–Kier alpha value is -3.01. The predicted molar refractivity (Wildman–Crippen MR) is 108 cm³/mol. The Bertz CT molecular complexity index is 957. The Kier molecular flexibility index (Phi) is 4.48. The zero-order valence-electron chi connectivity index (χ0n) is 15.6. The second-order valence-corrected chi connectivity index (χ2v) is 7.60. The number of carbonyl (C=O) groups is 1. The van der Waals surface area contributed by atoms with Gasteiger partial charge in [0.15, 0.2) is 0 Å². The summed E-state index contributed by atoms with van der Waals surface area (Å²) in [5, 5.41) is 12.8. The van der Waals surface area contributed by atoms with Crippen molar-refractivity contribution in [2.75, 3.05) is 5.32 Å². The average Bonchev–Trinajstić information content (AvgIpc) is 3.17. The highest BCUT2D eigenvalue weighted by Crippen LogP contribution is 2.40. The number of H-pyrrole nitrogens is 1. The van der Waals surface area contributed by atoms with Gasteiger partial charge in [-0.2, -0.15) is 0 Å². The molecule has 4 nitrogen and oxygen atoms in total. The molecule has 1 aromatic heterocycles. The number of nitrogens with one attached hydrogen (secondary N) is 2. The van der Waals surface area contributed by atoms with E-state index in [1.54, 1.807) is 12.1 Å². The van der Waals surface area contributed by atoms with Crippen LogP contribution in [0, 0.1) is 11.8 Å². The smallest absolute Gasteiger partial charge is 0.335 e. The molecule has 0 saturated heterocycles. The van der Waals surface area contributed by atoms with Crippen molar-refractivity contribution in [3.05, 3.63) is 77.5 Å². The van der Waals surface area contributed by atoms with Crippen molar-refractivity contribution in [1.82, 2.24) is 4.98 Å². The number of aromatic nitrogens is 1. The van der Waals surface area contributed by atoms with Crippen molar-refractivity contribution in [2.24, 2.45) is 11.8 Å². The first-order valence-corrected chi connectivity index (χ1v) is 9.40. The normalized spacial score (nSPS) is 18.8. The number of aromatic carboxylic acids is 1. The molecule has 0 spiro atoms. The van der Waals surface area contributed by atoms with E-state index in [4.69, 9.17) is 5.11 Å². The Morgan fingerprint density at radius 1 is 1.04 bits per heavy atom. The van der Waals surface area contributed by atoms with E-state index in [9.17, 15) is 4.79 Å². The summed E-state index contributed by atoms with van der Waals surface area (Å²) in [5.41, 5.74) is 6.05. The van der Waals surface area contributed by atoms with Gasteiger partial charge in [0.1, 0.15) is 0 Å². The Balaban J connectivity index is 1.64. The summed E-state index contributed by atoms with van der Waals surface area (Å²) in [5.74, 6) is 0.150. The lowest BCUT2D eigenvalue weighted by atomic mass is 9.79. The molecule has 4 rings (SSSR count). The highest BCUT2D eigenvalue weighted by molar-refractivity contribution is 5.88. The van der Waals surface area contributed by atoms with Crippen LogP contribution in [0.15, 0.2) is 60.7 Å². The minimum Gasteiger partial charge on any atom is -0.478 e. The summed E-state index contributed by atoms with van der Waals surface area (Å²) in [4.78, 5) is 14.6. The molecule has 4 heteroatoms. The molecule has 0 saturated carbocycles. The van der Waals surface area contributed by atoms with E-state index >= 15 is 0 Å². The Morgan fingerprint density at radius 2 is 1.78 bits per heavy atom. The fraction of sp³-hybridized carbons (Fsp3) is 0.261. The topological polar surface area (TPSA) is 65.1 Å². The van der Waals surface area contributed by atoms with E-state index in [1.807, 2.05) is 12.1 Å². The van der Waals surface area contributed by atoms with Crippen LogP contribution in [0.3, 0.4) is 0 Å². The molecule has 0 radical (unpaired) electrons. The quantitative estimate of drug-likeness (QED) is 0.587. The van der Waals surface area contributed by atoms with Crippen LogP contribution in [0.5, 0.6) is 0 Å². The van der Waals surface area contributed by atoms with Crippen LogP contribution in [-0.2, 0) is 6.42 Å². The lowest BCUT2D eigenvalue weighted by Crippen LogP contribution is -2.31. The third kappa shape index (κ3) is 3.35. The summed E-state index contributed by atoms with van der Waals surface area (Å²) in [7, 11) is 0. The first-order valence-electron chi connectivity index (χ1n) is 9.40. The molecule has 2 atom stereocenters. The summed E-state index contributed by atoms with van der Waals surface area (Å²) < 4.78 is 0. The number of anilines is 1. The first-order chi connectivity index (χ1) is 13.0. The maximum atomic E-state index is 11.0. The lowest BCUT2D eigenvalue weighted by Gasteiger charge is -2.36. The SMILES string of the molecule is CC(C)C1Cc2ccccc2NC1c1ccc(-c2ccc(C(=O)O)cc2)[nH]1. The minimum absolute atomic E-state index is 0.229. The highest BCUT2D eigenvalue weighted by atomic mass is 16.4. The summed E-state index contributed by atoms with van der Waals surface area (Å²) in [6, 6.07) is 20.0. The van der Waals surface area contributed by atoms with E-state index in [0.717, 1.165) is 17.7 Å². The fourth-order valence-electron chi connectivity index (χ4n) is 3.97. The predicted octanol–water partition coefficient (Wildman–Crippen LogP) is 5.36. The second kappa shape index (κ2) is 6.95. The Labute approximate surface area is 159 Å². The lowest BCUT2D eigenvalue weighted by molar-refractivity contribution is 0.0697. The van der Waals surface area contributed by atoms with Crippen molar-refractivity contribution >= 4 is 11.7 Å². The molecule has 1 aliphatic rings. The first kappa shape index (κ1) is 17.4. The summed E-state index contributed by atoms with van der Waals surface area (Å²) in [6.07, 6.45) is 1.06. The fourth-order valence-corrected chi connectivity index (χ4v) is 3.97. The number of rotatable bonds is 4. The van der Waals surface area contributed by atoms with Crippen molar-refractivity contribution in [2.45, 2.75) is 26.3 Å². The number of carboxylic acid groups (broad SMARTS) is 1. The second-order valence-electron chi connectivity index (χ2n) is 7.60. The minimum atomic E-state index is -0.904. The van der Waals surface area contributed by atoms with Crippen LogP contribution in [0.25, 0.3) is 11.3 Å². The van der Waals surface area contributed by atoms with Crippen LogP contribution in [0.1, 0.15) is 41.5 Å². The van der Waals surface area contributed by atoms with E-state index < -0.39 is 5.97 Å². The van der Waals surface area contributed by atoms with Crippen molar-refractivity contribution in [3.63, 3.8) is 0 Å². The number of carboxylic acids is 1. The van der Waals surface area contributed by atoms with Gasteiger partial charge in [0, 0.05) is 17.1 Å². The molecule has 1 aliphatic heterocycles. The van der Waals surface area contributed by atoms with Crippen LogP contribution < -0.4 is 5.32 Å². The monoisotopic (exact) mass is 360 g/mol. The zero-order chi connectivity index (χ0) is 19.0. The maximum Gasteiger partial charge on any atom is 0.335 e. The molecule has 27 heavy (non-hydrogen) atoms. The number of fused-ring (bicyclic) bond motifs is 1. The van der Waals surface area contributed by atoms with Gasteiger partial charge in [-0.3, -0.25) is 0 Å². The standard InChI is InChI=1S/C23H24N2O2/c1-14(2)18-13-17-5-3-4-6-19(17)25-22(18)21-12-11-20(24-21)15-7-9-16(10-8-15)23(26)27/h3-12,14,18,22,24-25H,13H2,1-2H3,(H,26,27). The number of benzene rings is 2. The van der Waals surface area contributed by atoms with Crippen molar-refractivity contribution in [3.8, 4) is 11.3 Å². The third-order valence-electron chi connectivity index (χ3n) is 5.55. The molecule has 0 aliphatic carbocycles. The van der Waals surface area contributed by atoms with E-state index in [1.165, 1.54) is 16.9 Å². The highest BCUT2D eigenvalue weighted by Gasteiger charge is 2.32. The molecule has 0 amide bonds. The molecular formula is C23H24N2O2. The van der Waals surface area contributed by atoms with Gasteiger partial charge in [0.25, 0.3) is 0 Å². The van der Waals surface area contributed by atoms with Crippen LogP contribution in [0.4, 0.5) is 5.69 Å². The van der Waals surface area contributed by atoms with Gasteiger partial charge in [-0.1, -0.05) is 44.2 Å². The van der Waals surface area contributed by atoms with Gasteiger partial charge in [-0.05, 0) is 59.7 Å². The molecule has 0 fully saturated rings. The molecule has 138 valence electrons. The number of para-hydroxylation sites is 1. The number of aromatic amines is 1. The van der Waals surface area contributed by atoms with Crippen LogP contribution in [0.2, 0.25) is 0 Å². The largest absolute Gasteiger partial charge is 0.478 e. The molecule has 3 N–H and O–H groups in total. The van der Waals surface area contributed by atoms with Gasteiger partial charge in [0.2, 0.25) is 0 Å². The molecule has 2 aromatic carbocycles. The van der Waals surface area contributed by atoms with Gasteiger partial charge >= 0.3 is 5.97 Å². The molecular weight excluding hydrogens is 336 g/mol. The van der Waals surface area contributed by atoms with E-state index in [0.29, 0.717) is 17.4 Å². The summed E-state index contributed by atoms with van der Waals surface area (Å²) >= 11 is 0. The molecule has 2 unspecified atom stereocenters. The summed E-state index contributed by atoms with van der Waals surface area (Å²) in [6.45, 7) is 4.56. The molecule has 2 heterocycles. The van der Waals surface area contributed by atoms with Crippen LogP contribution in [-0.4, -0.2) is 16.1 Å². The van der Waals surface area contributed by atoms with Gasteiger partial charge in [-0.25, -0.2) is 4.79 Å². The number of hydrogen-bond donors (Lipinski definition) is 3. The average molecular weight is 360 g/mol. The van der Waals surface area contributed by atoms with E-state index in [-0.39, 0.29) is 6.04 Å². The van der Waals surface area contributed by atoms with Gasteiger partial charge < -0.3 is 15.4 Å². The van der Waals surface area contributed by atoms with Crippen molar-refractivity contribution < 1.29 is 9.90 Å². The van der Waals surface area contributed by atoms with Crippen molar-refractivity contribution in [1.29, 1.82) is 0 Å². The van der Waals surface area contributed by atoms with E-state index in [2.05, 4.69) is 60.5 Å². The maximum absolute atomic E-state index is 11.0. The molecule has 3 aromatic rings. The third-order valence-corrected chi connectivity index (χ3v) is 5.55. The van der Waals surface area contributed by atoms with Gasteiger partial charge in [-0.15, -0.1) is 0 Å². The van der Waals surface area contributed by atoms with Crippen LogP contribution >= 0.6 is 0 Å². The number of hydrogen-bond acceptors (Lipinski definition) is 2.